The lowest BCUT2D eigenvalue weighted by Gasteiger charge is -2.49. The van der Waals surface area contributed by atoms with Crippen LogP contribution in [0, 0.1) is 76.4 Å². The smallest absolute Gasteiger partial charge is 0.264 e. The number of aliphatic hydroxyl groups excluding tert-OH is 3. The number of fused-ring (bicyclic) bond motifs is 12. The first-order valence-electron chi connectivity index (χ1n) is 53.9. The zero-order chi connectivity index (χ0) is 104. The molecule has 0 unspecified atom stereocenters. The minimum atomic E-state index is -3.94. The van der Waals surface area contributed by atoms with Crippen molar-refractivity contribution in [3.05, 3.63) is 174 Å². The highest BCUT2D eigenvalue weighted by molar-refractivity contribution is 7.91. The summed E-state index contributed by atoms with van der Waals surface area (Å²) in [5, 5.41) is 29.5. The normalized spacial score (nSPS) is 36.3. The summed E-state index contributed by atoms with van der Waals surface area (Å²) in [6.07, 6.45) is 20.9. The summed E-state index contributed by atoms with van der Waals surface area (Å²) >= 11 is 19.4. The molecule has 6 aliphatic carbocycles. The van der Waals surface area contributed by atoms with Crippen LogP contribution in [0.1, 0.15) is 248 Å². The number of anilines is 3. The molecule has 6 bridgehead atoms. The van der Waals surface area contributed by atoms with Gasteiger partial charge in [0.25, 0.3) is 17.7 Å². The van der Waals surface area contributed by atoms with Crippen LogP contribution in [0.3, 0.4) is 0 Å². The fourth-order valence-corrected chi connectivity index (χ4v) is 31.3. The molecule has 804 valence electrons. The van der Waals surface area contributed by atoms with Gasteiger partial charge in [0.1, 0.15) is 17.2 Å². The van der Waals surface area contributed by atoms with E-state index in [-0.39, 0.29) is 115 Å². The van der Waals surface area contributed by atoms with Crippen molar-refractivity contribution in [3.8, 4) is 17.2 Å². The van der Waals surface area contributed by atoms with Gasteiger partial charge >= 0.3 is 0 Å². The number of hydrogen-bond acceptors (Lipinski definition) is 26. The number of halogens is 3. The molecule has 15 aliphatic rings. The summed E-state index contributed by atoms with van der Waals surface area (Å²) in [6, 6.07) is 34.5. The number of hydrogen-bond donors (Lipinski definition) is 8. The molecule has 29 nitrogen and oxygen atoms in total. The van der Waals surface area contributed by atoms with Crippen molar-refractivity contribution < 1.29 is 97.6 Å². The van der Waals surface area contributed by atoms with E-state index in [0.717, 1.165) is 187 Å². The van der Waals surface area contributed by atoms with Gasteiger partial charge in [0.05, 0.1) is 123 Å². The average Bonchev–Trinajstić information content (AvgIpc) is 1.69. The third-order valence-corrected chi connectivity index (χ3v) is 43.3. The molecule has 0 aromatic heterocycles. The number of amides is 3. The lowest BCUT2D eigenvalue weighted by molar-refractivity contribution is -0.265. The lowest BCUT2D eigenvalue weighted by atomic mass is 9.64. The molecule has 35 heteroatoms. The summed E-state index contributed by atoms with van der Waals surface area (Å²) in [5.74, 6) is 2.12. The van der Waals surface area contributed by atoms with Crippen molar-refractivity contribution in [2.24, 2.45) is 87.9 Å². The zero-order valence-electron chi connectivity index (χ0n) is 86.0. The van der Waals surface area contributed by atoms with Gasteiger partial charge in [0.15, 0.2) is 18.9 Å². The van der Waals surface area contributed by atoms with E-state index in [1.165, 1.54) is 33.4 Å². The molecule has 0 radical (unpaired) electrons. The first-order chi connectivity index (χ1) is 70.2. The number of aryl methyl sites for hydroxylation is 3. The van der Waals surface area contributed by atoms with Gasteiger partial charge < -0.3 is 84.1 Å². The van der Waals surface area contributed by atoms with Crippen LogP contribution in [0.2, 0.25) is 15.1 Å². The van der Waals surface area contributed by atoms with Gasteiger partial charge in [-0.2, -0.15) is 0 Å². The molecule has 9 aliphatic heterocycles. The van der Waals surface area contributed by atoms with E-state index in [4.69, 9.17) is 88.9 Å². The van der Waals surface area contributed by atoms with Crippen LogP contribution in [0.5, 0.6) is 17.2 Å². The Kier molecular flexibility index (Phi) is 32.4. The predicted molar refractivity (Wildman–Crippen MR) is 567 cm³/mol. The van der Waals surface area contributed by atoms with Gasteiger partial charge in [0.2, 0.25) is 30.1 Å². The number of carbonyl (C=O) groups excluding carboxylic acids is 3. The number of aliphatic hydroxyl groups is 3. The number of benzene rings is 6. The van der Waals surface area contributed by atoms with Crippen molar-refractivity contribution in [2.45, 2.75) is 265 Å². The molecule has 147 heavy (non-hydrogen) atoms. The van der Waals surface area contributed by atoms with Crippen LogP contribution in [-0.4, -0.2) is 223 Å². The fraction of sp³-hybridized carbons (Fsp3) is 0.652. The van der Waals surface area contributed by atoms with Gasteiger partial charge in [-0.25, -0.2) is 39.4 Å². The second-order valence-corrected chi connectivity index (χ2v) is 54.5. The number of ether oxygens (including phenoxy) is 9. The van der Waals surface area contributed by atoms with Crippen molar-refractivity contribution in [3.63, 3.8) is 0 Å². The van der Waals surface area contributed by atoms with Crippen LogP contribution in [0.25, 0.3) is 0 Å². The number of rotatable bonds is 6. The van der Waals surface area contributed by atoms with Crippen LogP contribution >= 0.6 is 34.8 Å². The molecule has 3 saturated heterocycles. The molecule has 6 aromatic rings. The summed E-state index contributed by atoms with van der Waals surface area (Å²) in [5.41, 5.74) is 20.4. The Morgan fingerprint density at radius 2 is 0.639 bits per heavy atom. The minimum Gasteiger partial charge on any atom is -0.490 e. The fourth-order valence-electron chi connectivity index (χ4n) is 26.8. The van der Waals surface area contributed by atoms with E-state index < -0.39 is 92.6 Å². The molecule has 10 N–H and O–H groups in total. The Hall–Kier alpha value is -7.19. The first-order valence-corrected chi connectivity index (χ1v) is 59.7. The van der Waals surface area contributed by atoms with Gasteiger partial charge in [-0.3, -0.25) is 14.4 Å². The van der Waals surface area contributed by atoms with E-state index in [2.05, 4.69) is 65.3 Å². The number of sulfonamides is 3. The SMILES string of the molecule is C[C@@H]1[C@@H](C)CCC[C@H](C2OCC(C)(CO)CO2)[C@@H]2CC[C@H]2CN2C[C@@]3(CCCc4cc(Cl)ccc43)COc3ccc(cc32)C(=O)NS1(=O)=O.C[C@@H]1[C@@H](C)CCC[C@H](C2OCC(N)(CO)CO2)[C@@H]2CC[C@H]2CN2C[C@@]3(CCCc4cc(Cl)ccc43)COc3ccc(cc32)C(=O)NS1(=O)=O.C[C@@H]1[C@@H](C)CCC[C@H](C2OCC(N)(CO)CO2)[C@@H]2CC[C@H]2CN2C[C@@]3(CCCc4cc(Cl)ccc43)COc3ccc(cc32)C(=O)NS1(=O)=O. The first kappa shape index (κ1) is 108. The molecule has 21 rings (SSSR count). The quantitative estimate of drug-likeness (QED) is 0.0768. The van der Waals surface area contributed by atoms with Crippen LogP contribution in [-0.2, 0) is 94.0 Å². The Labute approximate surface area is 882 Å². The number of carbonyl (C=O) groups is 3. The Morgan fingerprint density at radius 3 is 0.905 bits per heavy atom. The molecule has 3 amide bonds. The molecule has 9 heterocycles. The number of nitrogens with zero attached hydrogens (tertiary/aromatic N) is 3. The van der Waals surface area contributed by atoms with Gasteiger partial charge in [-0.05, 0) is 333 Å². The maximum atomic E-state index is 13.5. The molecular weight excluding hydrogens is 2000 g/mol. The van der Waals surface area contributed by atoms with E-state index in [0.29, 0.717) is 130 Å². The van der Waals surface area contributed by atoms with Crippen LogP contribution in [0.15, 0.2) is 109 Å². The van der Waals surface area contributed by atoms with E-state index in [1.807, 2.05) is 70.2 Å². The Bertz CT molecular complexity index is 5570. The van der Waals surface area contributed by atoms with Crippen molar-refractivity contribution in [1.82, 2.24) is 14.2 Å². The average molecular weight is 2150 g/mol. The summed E-state index contributed by atoms with van der Waals surface area (Å²) in [6.45, 7) is 20.1. The highest BCUT2D eigenvalue weighted by Crippen LogP contribution is 2.56. The Morgan fingerprint density at radius 1 is 0.354 bits per heavy atom. The predicted octanol–water partition coefficient (Wildman–Crippen LogP) is 15.7. The lowest BCUT2D eigenvalue weighted by Crippen LogP contribution is -2.59. The van der Waals surface area contributed by atoms with Gasteiger partial charge in [0, 0.05) is 110 Å². The molecular formula is C112H151Cl3N8O21S3. The largest absolute Gasteiger partial charge is 0.490 e. The monoisotopic (exact) mass is 2140 g/mol. The van der Waals surface area contributed by atoms with E-state index >= 15 is 0 Å². The third kappa shape index (κ3) is 22.8. The van der Waals surface area contributed by atoms with Crippen molar-refractivity contribution in [1.29, 1.82) is 0 Å². The number of nitrogens with one attached hydrogen (secondary N) is 3. The molecule has 6 fully saturated rings. The van der Waals surface area contributed by atoms with Gasteiger partial charge in [-0.15, -0.1) is 0 Å². The van der Waals surface area contributed by atoms with Gasteiger partial charge in [-0.1, -0.05) is 100.0 Å². The van der Waals surface area contributed by atoms with Crippen LogP contribution in [0.4, 0.5) is 17.1 Å². The highest BCUT2D eigenvalue weighted by Gasteiger charge is 2.54. The topological polar surface area (TPSA) is 395 Å². The minimum absolute atomic E-state index is 0.00632. The second kappa shape index (κ2) is 44.0. The van der Waals surface area contributed by atoms with Crippen molar-refractivity contribution in [2.75, 3.05) is 133 Å². The number of nitrogens with two attached hydrogens (primary N) is 2. The third-order valence-electron chi connectivity index (χ3n) is 36.9. The second-order valence-electron chi connectivity index (χ2n) is 47.1. The summed E-state index contributed by atoms with van der Waals surface area (Å²) in [4.78, 5) is 47.8. The van der Waals surface area contributed by atoms with Crippen molar-refractivity contribution >= 4 is 99.7 Å². The molecule has 3 saturated carbocycles. The molecule has 18 atom stereocenters. The maximum absolute atomic E-state index is 13.5. The maximum Gasteiger partial charge on any atom is 0.264 e. The highest BCUT2D eigenvalue weighted by atomic mass is 35.5. The molecule has 3 spiro atoms. The standard InChI is InChI=1S/C38H51ClN2O7S.2C37H50ClN3O7S/c1-24-6-4-8-31(36-47-21-37(3,20-42)22-48-36)30-12-9-28(30)18-41-19-38(15-5-7-26-16-29(39)11-13-32(26)38)23-46-34-14-10-27(17-33(34)41)35(43)40-49(44,45)25(24)2;2*1-23-5-3-7-30(35-47-21-37(39,19-42)22-48-35)29-11-8-27(29)17-41-18-36(14-4-6-25-15-28(38)10-12-31(25)36)20-46-33-13-9-26(16-32(33)41)34(43)40-49(44,45)24(23)2/h10-11,13-14,16-17,24-25,28,30-31,36,42H,4-9,12,15,18-23H2,1-3H3,(H,40,43);2*9-10,12-13,15-16,23-24,27,29-30,35,42H,3-8,11,14,17-22,39H2,1-2H3,(H,40,43)/t24-,25+,28-,30+,31-,36?,37?,38-;2*23-,24+,27-,29+,30-,35?,36-,37?/m000/s1. The zero-order valence-corrected chi connectivity index (χ0v) is 90.7. The van der Waals surface area contributed by atoms with E-state index in [1.54, 1.807) is 51.1 Å². The molecule has 6 aromatic carbocycles. The summed E-state index contributed by atoms with van der Waals surface area (Å²) < 4.78 is 146. The Balaban J connectivity index is 0.000000139. The van der Waals surface area contributed by atoms with Crippen LogP contribution < -0.4 is 54.5 Å². The summed E-state index contributed by atoms with van der Waals surface area (Å²) in [7, 11) is -11.8. The van der Waals surface area contributed by atoms with E-state index in [9.17, 15) is 55.0 Å².